The molecule has 16 heteroatoms. The molecule has 3 aromatic carbocycles. The summed E-state index contributed by atoms with van der Waals surface area (Å²) in [4.78, 5) is 26.6. The Kier molecular flexibility index (Phi) is 12.2. The molecule has 11 nitrogen and oxygen atoms in total. The van der Waals surface area contributed by atoms with E-state index in [1.54, 1.807) is 18.2 Å². The molecule has 0 aromatic heterocycles. The molecule has 4 rings (SSSR count). The number of nitrogens with zero attached hydrogens (tertiary/aromatic N) is 2. The molecule has 0 unspecified atom stereocenters. The Morgan fingerprint density at radius 2 is 1.56 bits per heavy atom. The third-order valence-corrected chi connectivity index (χ3v) is 8.83. The number of imide groups is 1. The van der Waals surface area contributed by atoms with E-state index < -0.39 is 38.8 Å². The van der Waals surface area contributed by atoms with Crippen LogP contribution in [0.2, 0.25) is 0 Å². The van der Waals surface area contributed by atoms with Gasteiger partial charge in [0.05, 0.1) is 73.7 Å². The van der Waals surface area contributed by atoms with Crippen molar-refractivity contribution in [2.75, 3.05) is 46.7 Å². The quantitative estimate of drug-likeness (QED) is 0.102. The molecule has 0 aliphatic carbocycles. The predicted octanol–water partition coefficient (Wildman–Crippen LogP) is 6.16. The number of hydrogen-bond donors (Lipinski definition) is 0. The van der Waals surface area contributed by atoms with E-state index in [4.69, 9.17) is 28.4 Å². The van der Waals surface area contributed by atoms with Crippen LogP contribution >= 0.6 is 11.8 Å². The maximum absolute atomic E-state index is 13.6. The molecule has 1 fully saturated rings. The minimum absolute atomic E-state index is 0.00423. The summed E-state index contributed by atoms with van der Waals surface area (Å²) in [5.41, 5.74) is 0.0269. The first-order valence-corrected chi connectivity index (χ1v) is 16.4. The first-order valence-electron chi connectivity index (χ1n) is 14.2. The highest BCUT2D eigenvalue weighted by Crippen LogP contribution is 2.41. The second-order valence-corrected chi connectivity index (χ2v) is 12.6. The van der Waals surface area contributed by atoms with Gasteiger partial charge in [0.25, 0.3) is 21.3 Å². The van der Waals surface area contributed by atoms with Crippen LogP contribution in [0.1, 0.15) is 22.3 Å². The average Bonchev–Trinajstić information content (AvgIpc) is 3.31. The average molecular weight is 707 g/mol. The van der Waals surface area contributed by atoms with Gasteiger partial charge in [0.1, 0.15) is 5.75 Å². The third kappa shape index (κ3) is 9.58. The smallest absolute Gasteiger partial charge is 0.420 e. The van der Waals surface area contributed by atoms with E-state index in [9.17, 15) is 31.2 Å². The molecule has 0 saturated carbocycles. The van der Waals surface area contributed by atoms with Gasteiger partial charge < -0.3 is 18.9 Å². The van der Waals surface area contributed by atoms with Gasteiger partial charge in [-0.15, -0.1) is 0 Å². The number of halogens is 3. The number of ether oxygens (including phenoxy) is 4. The van der Waals surface area contributed by atoms with E-state index in [1.807, 2.05) is 6.92 Å². The molecular weight excluding hydrogens is 677 g/mol. The van der Waals surface area contributed by atoms with E-state index >= 15 is 0 Å². The van der Waals surface area contributed by atoms with Crippen LogP contribution in [0.15, 0.2) is 70.5 Å². The van der Waals surface area contributed by atoms with Crippen LogP contribution in [0.3, 0.4) is 0 Å². The largest absolute Gasteiger partial charge is 0.493 e. The fraction of sp³-hybridized carbons (Fsp3) is 0.281. The van der Waals surface area contributed by atoms with E-state index in [1.165, 1.54) is 49.6 Å². The van der Waals surface area contributed by atoms with Gasteiger partial charge >= 0.3 is 6.18 Å². The number of nitriles is 1. The van der Waals surface area contributed by atoms with Crippen LogP contribution < -0.4 is 9.47 Å². The zero-order chi connectivity index (χ0) is 34.9. The van der Waals surface area contributed by atoms with Gasteiger partial charge in [0, 0.05) is 0 Å². The summed E-state index contributed by atoms with van der Waals surface area (Å²) < 4.78 is 91.5. The Morgan fingerprint density at radius 3 is 2.23 bits per heavy atom. The second kappa shape index (κ2) is 16.1. The van der Waals surface area contributed by atoms with Crippen molar-refractivity contribution in [3.05, 3.63) is 87.8 Å². The summed E-state index contributed by atoms with van der Waals surface area (Å²) in [5.74, 6) is -1.06. The Labute approximate surface area is 278 Å². The molecule has 3 aromatic rings. The van der Waals surface area contributed by atoms with Gasteiger partial charge in [0.2, 0.25) is 0 Å². The molecule has 48 heavy (non-hydrogen) atoms. The van der Waals surface area contributed by atoms with Gasteiger partial charge in [-0.2, -0.15) is 26.9 Å². The van der Waals surface area contributed by atoms with Crippen LogP contribution in [0.25, 0.3) is 6.08 Å². The van der Waals surface area contributed by atoms with Gasteiger partial charge in [-0.05, 0) is 72.8 Å². The molecule has 0 atom stereocenters. The van der Waals surface area contributed by atoms with Gasteiger partial charge in [0.15, 0.2) is 11.5 Å². The molecule has 254 valence electrons. The van der Waals surface area contributed by atoms with Crippen molar-refractivity contribution < 1.29 is 54.3 Å². The second-order valence-electron chi connectivity index (χ2n) is 9.98. The van der Waals surface area contributed by atoms with Crippen molar-refractivity contribution >= 4 is 39.1 Å². The molecule has 1 aliphatic rings. The number of methoxy groups -OCH3 is 1. The third-order valence-electron chi connectivity index (χ3n) is 6.60. The van der Waals surface area contributed by atoms with E-state index in [-0.39, 0.29) is 66.4 Å². The molecule has 0 spiro atoms. The topological polar surface area (TPSA) is 141 Å². The molecule has 0 N–H and O–H groups in total. The van der Waals surface area contributed by atoms with Crippen LogP contribution in [-0.2, 0) is 34.7 Å². The number of rotatable bonds is 15. The lowest BCUT2D eigenvalue weighted by atomic mass is 10.1. The van der Waals surface area contributed by atoms with Crippen molar-refractivity contribution in [3.8, 4) is 23.3 Å². The summed E-state index contributed by atoms with van der Waals surface area (Å²) >= 11 is 0.715. The zero-order valence-corrected chi connectivity index (χ0v) is 27.2. The predicted molar refractivity (Wildman–Crippen MR) is 168 cm³/mol. The van der Waals surface area contributed by atoms with Crippen molar-refractivity contribution in [3.63, 3.8) is 0 Å². The van der Waals surface area contributed by atoms with E-state index in [0.29, 0.717) is 23.4 Å². The summed E-state index contributed by atoms with van der Waals surface area (Å²) in [7, 11) is -2.60. The fourth-order valence-corrected chi connectivity index (χ4v) is 5.94. The minimum atomic E-state index is -4.78. The maximum Gasteiger partial charge on any atom is 0.420 e. The number of carbonyl (C=O) groups excluding carboxylic acids is 2. The lowest BCUT2D eigenvalue weighted by Crippen LogP contribution is -2.31. The Bertz CT molecular complexity index is 1820. The SMILES string of the molecule is COc1cc(/C=C2\SC(=O)N(CCOCCOCCOS(=O)(=O)c3ccc(C)cc3)C2=O)ccc1Oc1ccc(C#N)cc1C(F)(F)F. The molecule has 1 saturated heterocycles. The van der Waals surface area contributed by atoms with Crippen molar-refractivity contribution in [2.24, 2.45) is 0 Å². The molecule has 1 aliphatic heterocycles. The molecular formula is C32H29F3N2O9S2. The number of benzene rings is 3. The Hall–Kier alpha value is -4.40. The van der Waals surface area contributed by atoms with Gasteiger partial charge in [-0.3, -0.25) is 18.7 Å². The zero-order valence-electron chi connectivity index (χ0n) is 25.6. The normalized spacial score (nSPS) is 14.4. The van der Waals surface area contributed by atoms with Crippen molar-refractivity contribution in [1.29, 1.82) is 5.26 Å². The highest BCUT2D eigenvalue weighted by molar-refractivity contribution is 8.18. The first-order chi connectivity index (χ1) is 22.8. The van der Waals surface area contributed by atoms with Crippen LogP contribution in [0.5, 0.6) is 17.2 Å². The number of thioether (sulfide) groups is 1. The maximum atomic E-state index is 13.6. The van der Waals surface area contributed by atoms with Crippen LogP contribution in [0, 0.1) is 18.3 Å². The standard InChI is InChI=1S/C32H29F3N2O9S2/c1-21-3-7-24(8-4-21)48(40,41)45-16-15-44-14-13-43-12-11-37-30(38)29(47-31(37)39)19-22-5-10-27(28(18-22)42-2)46-26-9-6-23(20-36)17-25(26)32(33,34)35/h3-10,17-19H,11-16H2,1-2H3/b29-19-. The van der Waals surface area contributed by atoms with Crippen LogP contribution in [-0.4, -0.2) is 71.2 Å². The lowest BCUT2D eigenvalue weighted by molar-refractivity contribution is -0.138. The van der Waals surface area contributed by atoms with Crippen molar-refractivity contribution in [1.82, 2.24) is 4.90 Å². The van der Waals surface area contributed by atoms with Gasteiger partial charge in [-0.1, -0.05) is 23.8 Å². The van der Waals surface area contributed by atoms with E-state index in [0.717, 1.165) is 16.5 Å². The summed E-state index contributed by atoms with van der Waals surface area (Å²) in [5, 5.41) is 8.47. The monoisotopic (exact) mass is 706 g/mol. The summed E-state index contributed by atoms with van der Waals surface area (Å²) in [6, 6.07) is 15.1. The molecule has 0 radical (unpaired) electrons. The molecule has 0 bridgehead atoms. The fourth-order valence-electron chi connectivity index (χ4n) is 4.18. The molecule has 2 amide bonds. The Balaban J connectivity index is 1.24. The minimum Gasteiger partial charge on any atom is -0.493 e. The van der Waals surface area contributed by atoms with Crippen molar-refractivity contribution in [2.45, 2.75) is 18.0 Å². The van der Waals surface area contributed by atoms with Gasteiger partial charge in [-0.25, -0.2) is 0 Å². The van der Waals surface area contributed by atoms with E-state index in [2.05, 4.69) is 0 Å². The lowest BCUT2D eigenvalue weighted by Gasteiger charge is -2.16. The number of amides is 2. The number of aryl methyl sites for hydroxylation is 1. The highest BCUT2D eigenvalue weighted by Gasteiger charge is 2.36. The molecule has 1 heterocycles. The number of hydrogen-bond acceptors (Lipinski definition) is 11. The van der Waals surface area contributed by atoms with Crippen LogP contribution in [0.4, 0.5) is 18.0 Å². The number of alkyl halides is 3. The Morgan fingerprint density at radius 1 is 0.896 bits per heavy atom. The number of carbonyl (C=O) groups is 2. The first kappa shape index (κ1) is 36.4. The summed E-state index contributed by atoms with van der Waals surface area (Å²) in [6.07, 6.45) is -3.34. The summed E-state index contributed by atoms with van der Waals surface area (Å²) in [6.45, 7) is 1.91. The highest BCUT2D eigenvalue weighted by atomic mass is 32.2.